The highest BCUT2D eigenvalue weighted by Gasteiger charge is 2.33. The van der Waals surface area contributed by atoms with E-state index >= 15 is 0 Å². The van der Waals surface area contributed by atoms with Gasteiger partial charge < -0.3 is 14.2 Å². The molecule has 0 saturated carbocycles. The van der Waals surface area contributed by atoms with Gasteiger partial charge in [0.2, 0.25) is 0 Å². The van der Waals surface area contributed by atoms with Gasteiger partial charge >= 0.3 is 5.97 Å². The molecule has 0 aliphatic carbocycles. The Kier molecular flexibility index (Phi) is 6.46. The van der Waals surface area contributed by atoms with Crippen LogP contribution < -0.4 is 24.4 Å². The zero-order valence-electron chi connectivity index (χ0n) is 18.8. The Morgan fingerprint density at radius 1 is 1.09 bits per heavy atom. The lowest BCUT2D eigenvalue weighted by molar-refractivity contribution is -0.136. The number of benzene rings is 2. The van der Waals surface area contributed by atoms with E-state index in [1.165, 1.54) is 18.4 Å². The summed E-state index contributed by atoms with van der Waals surface area (Å²) >= 11 is 1.29. The molecule has 0 saturated heterocycles. The van der Waals surface area contributed by atoms with Crippen LogP contribution in [-0.4, -0.2) is 31.9 Å². The fraction of sp³-hybridized carbons (Fsp3) is 0.240. The summed E-state index contributed by atoms with van der Waals surface area (Å²) in [6.07, 6.45) is 2.33. The molecule has 0 radical (unpaired) electrons. The first-order valence-corrected chi connectivity index (χ1v) is 11.2. The van der Waals surface area contributed by atoms with Gasteiger partial charge in [-0.3, -0.25) is 9.36 Å². The van der Waals surface area contributed by atoms with Crippen molar-refractivity contribution >= 4 is 23.4 Å². The number of carbonyl (C=O) groups is 1. The first-order chi connectivity index (χ1) is 16.0. The zero-order chi connectivity index (χ0) is 23.5. The van der Waals surface area contributed by atoms with Crippen molar-refractivity contribution in [2.24, 2.45) is 4.99 Å². The highest BCUT2D eigenvalue weighted by atomic mass is 32.1. The van der Waals surface area contributed by atoms with Gasteiger partial charge in [0.25, 0.3) is 5.56 Å². The van der Waals surface area contributed by atoms with Crippen molar-refractivity contribution in [2.75, 3.05) is 21.3 Å². The molecule has 33 heavy (non-hydrogen) atoms. The van der Waals surface area contributed by atoms with Crippen LogP contribution in [0.1, 0.15) is 30.5 Å². The normalized spacial score (nSPS) is 15.6. The van der Waals surface area contributed by atoms with Crippen molar-refractivity contribution in [1.29, 1.82) is 0 Å². The van der Waals surface area contributed by atoms with Gasteiger partial charge in [0, 0.05) is 0 Å². The summed E-state index contributed by atoms with van der Waals surface area (Å²) in [6.45, 7) is 1.93. The number of nitrogens with zero attached hydrogens (tertiary/aromatic N) is 2. The molecule has 3 aromatic rings. The van der Waals surface area contributed by atoms with Crippen molar-refractivity contribution in [3.05, 3.63) is 90.6 Å². The lowest BCUT2D eigenvalue weighted by Crippen LogP contribution is -2.40. The Bertz CT molecular complexity index is 1400. The number of carbonyl (C=O) groups excluding carboxylic acids is 1. The first kappa shape index (κ1) is 22.5. The molecule has 1 atom stereocenters. The summed E-state index contributed by atoms with van der Waals surface area (Å²) in [6, 6.07) is 14.3. The molecule has 0 bridgehead atoms. The van der Waals surface area contributed by atoms with Gasteiger partial charge in [-0.2, -0.15) is 0 Å². The topological polar surface area (TPSA) is 79.1 Å². The van der Waals surface area contributed by atoms with Crippen molar-refractivity contribution in [1.82, 2.24) is 4.57 Å². The van der Waals surface area contributed by atoms with Crippen LogP contribution in [0.3, 0.4) is 0 Å². The first-order valence-electron chi connectivity index (χ1n) is 10.4. The number of rotatable bonds is 6. The number of aromatic nitrogens is 1. The largest absolute Gasteiger partial charge is 0.493 e. The molecule has 4 rings (SSSR count). The van der Waals surface area contributed by atoms with Gasteiger partial charge in [-0.1, -0.05) is 54.7 Å². The third-order valence-electron chi connectivity index (χ3n) is 5.47. The van der Waals surface area contributed by atoms with E-state index in [2.05, 4.69) is 4.99 Å². The van der Waals surface area contributed by atoms with Gasteiger partial charge in [0.15, 0.2) is 16.3 Å². The third kappa shape index (κ3) is 4.09. The standard InChI is InChI=1S/C25H24N2O5S/c1-5-17-21(24(29)32-4)22(16-9-7-6-8-10-16)27-23(28)20(33-25(27)26-17)14-15-11-12-18(30-2)19(13-15)31-3/h6-14,22H,5H2,1-4H3/b20-14-/t22-/m0/s1. The van der Waals surface area contributed by atoms with Crippen LogP contribution in [0, 0.1) is 0 Å². The molecule has 0 spiro atoms. The molecule has 1 aromatic heterocycles. The molecule has 2 heterocycles. The van der Waals surface area contributed by atoms with E-state index in [1.807, 2.05) is 49.4 Å². The van der Waals surface area contributed by atoms with Crippen molar-refractivity contribution in [2.45, 2.75) is 19.4 Å². The maximum Gasteiger partial charge on any atom is 0.338 e. The van der Waals surface area contributed by atoms with E-state index in [1.54, 1.807) is 30.9 Å². The lowest BCUT2D eigenvalue weighted by atomic mass is 9.95. The second kappa shape index (κ2) is 9.46. The second-order valence-corrected chi connectivity index (χ2v) is 8.32. The minimum Gasteiger partial charge on any atom is -0.493 e. The van der Waals surface area contributed by atoms with E-state index in [-0.39, 0.29) is 5.56 Å². The van der Waals surface area contributed by atoms with Gasteiger partial charge in [-0.25, -0.2) is 9.79 Å². The second-order valence-electron chi connectivity index (χ2n) is 7.31. The summed E-state index contributed by atoms with van der Waals surface area (Å²) in [7, 11) is 4.48. The number of ether oxygens (including phenoxy) is 3. The molecule has 0 fully saturated rings. The molecule has 2 aromatic carbocycles. The van der Waals surface area contributed by atoms with Crippen LogP contribution in [0.15, 0.2) is 69.6 Å². The van der Waals surface area contributed by atoms with Gasteiger partial charge in [-0.15, -0.1) is 0 Å². The van der Waals surface area contributed by atoms with E-state index in [0.717, 1.165) is 11.1 Å². The predicted molar refractivity (Wildman–Crippen MR) is 126 cm³/mol. The minimum atomic E-state index is -0.614. The molecule has 1 aliphatic heterocycles. The fourth-order valence-corrected chi connectivity index (χ4v) is 4.93. The SMILES string of the molecule is CCC1=C(C(=O)OC)[C@H](c2ccccc2)n2c(s/c(=C\c3ccc(OC)c(OC)c3)c2=O)=N1. The van der Waals surface area contributed by atoms with Gasteiger partial charge in [0.1, 0.15) is 0 Å². The van der Waals surface area contributed by atoms with Crippen LogP contribution in [-0.2, 0) is 9.53 Å². The molecule has 170 valence electrons. The van der Waals surface area contributed by atoms with Crippen LogP contribution >= 0.6 is 11.3 Å². The molecule has 7 nitrogen and oxygen atoms in total. The highest BCUT2D eigenvalue weighted by Crippen LogP contribution is 2.32. The predicted octanol–water partition coefficient (Wildman–Crippen LogP) is 2.82. The molecule has 0 amide bonds. The summed E-state index contributed by atoms with van der Waals surface area (Å²) in [4.78, 5) is 31.6. The summed E-state index contributed by atoms with van der Waals surface area (Å²) < 4.78 is 17.8. The average molecular weight is 465 g/mol. The van der Waals surface area contributed by atoms with E-state index in [4.69, 9.17) is 14.2 Å². The Balaban J connectivity index is 1.96. The van der Waals surface area contributed by atoms with Crippen LogP contribution in [0.4, 0.5) is 0 Å². The van der Waals surface area contributed by atoms with Crippen molar-refractivity contribution in [3.63, 3.8) is 0 Å². The molecular weight excluding hydrogens is 440 g/mol. The van der Waals surface area contributed by atoms with E-state index in [9.17, 15) is 9.59 Å². The van der Waals surface area contributed by atoms with Crippen molar-refractivity contribution in [3.8, 4) is 11.5 Å². The van der Waals surface area contributed by atoms with E-state index < -0.39 is 12.0 Å². The Labute approximate surface area is 194 Å². The number of hydrogen-bond donors (Lipinski definition) is 0. The number of methoxy groups -OCH3 is 3. The zero-order valence-corrected chi connectivity index (χ0v) is 19.6. The molecule has 8 heteroatoms. The van der Waals surface area contributed by atoms with E-state index in [0.29, 0.717) is 38.5 Å². The fourth-order valence-electron chi connectivity index (χ4n) is 3.91. The summed E-state index contributed by atoms with van der Waals surface area (Å²) in [5.74, 6) is 0.691. The monoisotopic (exact) mass is 464 g/mol. The number of fused-ring (bicyclic) bond motifs is 1. The number of hydrogen-bond acceptors (Lipinski definition) is 7. The summed E-state index contributed by atoms with van der Waals surface area (Å²) in [5, 5.41) is 0. The number of allylic oxidation sites excluding steroid dienone is 1. The molecule has 1 aliphatic rings. The van der Waals surface area contributed by atoms with Crippen molar-refractivity contribution < 1.29 is 19.0 Å². The average Bonchev–Trinajstić information content (AvgIpc) is 3.17. The minimum absolute atomic E-state index is 0.223. The number of thiazole rings is 1. The summed E-state index contributed by atoms with van der Waals surface area (Å²) in [5.41, 5.74) is 2.39. The molecule has 0 N–H and O–H groups in total. The maximum absolute atomic E-state index is 13.6. The lowest BCUT2D eigenvalue weighted by Gasteiger charge is -2.25. The number of esters is 1. The molecular formula is C25H24N2O5S. The Morgan fingerprint density at radius 2 is 1.82 bits per heavy atom. The van der Waals surface area contributed by atoms with Gasteiger partial charge in [-0.05, 0) is 35.8 Å². The quantitative estimate of drug-likeness (QED) is 0.524. The Hall–Kier alpha value is -3.65. The highest BCUT2D eigenvalue weighted by molar-refractivity contribution is 7.07. The van der Waals surface area contributed by atoms with Gasteiger partial charge in [0.05, 0.1) is 43.2 Å². The van der Waals surface area contributed by atoms with Crippen LogP contribution in [0.2, 0.25) is 0 Å². The third-order valence-corrected chi connectivity index (χ3v) is 6.45. The molecule has 0 unspecified atom stereocenters. The van der Waals surface area contributed by atoms with Crippen LogP contribution in [0.5, 0.6) is 11.5 Å². The smallest absolute Gasteiger partial charge is 0.338 e. The maximum atomic E-state index is 13.6. The van der Waals surface area contributed by atoms with Crippen LogP contribution in [0.25, 0.3) is 6.08 Å². The Morgan fingerprint density at radius 3 is 2.45 bits per heavy atom.